The molecule has 0 saturated heterocycles. The number of aliphatic hydroxyl groups is 1. The van der Waals surface area contributed by atoms with Crippen molar-refractivity contribution in [3.05, 3.63) is 20.8 Å². The Balaban J connectivity index is 2.90. The van der Waals surface area contributed by atoms with E-state index in [1.54, 1.807) is 0 Å². The van der Waals surface area contributed by atoms with E-state index >= 15 is 0 Å². The van der Waals surface area contributed by atoms with Gasteiger partial charge in [0, 0.05) is 11.6 Å². The zero-order valence-corrected chi connectivity index (χ0v) is 10.8. The molecule has 1 heterocycles. The van der Waals surface area contributed by atoms with Gasteiger partial charge in [-0.2, -0.15) is 0 Å². The van der Waals surface area contributed by atoms with E-state index in [0.29, 0.717) is 21.1 Å². The highest BCUT2D eigenvalue weighted by Crippen LogP contribution is 2.32. The highest BCUT2D eigenvalue weighted by molar-refractivity contribution is 9.28. The molecule has 1 N–H and O–H groups in total. The number of carbonyl (C=O) groups excluding carboxylic acids is 1. The Morgan fingerprint density at radius 2 is 2.29 bits per heavy atom. The fourth-order valence-corrected chi connectivity index (χ4v) is 1.83. The second-order valence-corrected chi connectivity index (χ2v) is 5.56. The summed E-state index contributed by atoms with van der Waals surface area (Å²) >= 11 is 6.31. The molecule has 0 saturated carbocycles. The van der Waals surface area contributed by atoms with Crippen LogP contribution in [0.25, 0.3) is 0 Å². The zero-order chi connectivity index (χ0) is 10.7. The normalized spacial score (nSPS) is 17.9. The maximum atomic E-state index is 11.0. The SMILES string of the molecule is CCCC(O)C1=CC(=O)OC1=C(Br)Br. The fourth-order valence-electron chi connectivity index (χ4n) is 1.21. The second kappa shape index (κ2) is 5.09. The molecule has 5 heteroatoms. The van der Waals surface area contributed by atoms with Crippen molar-refractivity contribution < 1.29 is 14.6 Å². The topological polar surface area (TPSA) is 46.5 Å². The van der Waals surface area contributed by atoms with Crippen LogP contribution in [0.3, 0.4) is 0 Å². The van der Waals surface area contributed by atoms with Gasteiger partial charge in [-0.25, -0.2) is 4.79 Å². The molecule has 0 radical (unpaired) electrons. The van der Waals surface area contributed by atoms with E-state index in [4.69, 9.17) is 4.74 Å². The third-order valence-corrected chi connectivity index (χ3v) is 2.55. The van der Waals surface area contributed by atoms with E-state index in [0.717, 1.165) is 6.42 Å². The van der Waals surface area contributed by atoms with Crippen LogP contribution < -0.4 is 0 Å². The molecule has 1 rings (SSSR count). The molecule has 0 amide bonds. The third kappa shape index (κ3) is 2.68. The van der Waals surface area contributed by atoms with Gasteiger partial charge in [0.15, 0.2) is 5.76 Å². The maximum Gasteiger partial charge on any atom is 0.336 e. The summed E-state index contributed by atoms with van der Waals surface area (Å²) in [4.78, 5) is 11.0. The average molecular weight is 326 g/mol. The van der Waals surface area contributed by atoms with Crippen molar-refractivity contribution in [3.63, 3.8) is 0 Å². The van der Waals surface area contributed by atoms with Crippen LogP contribution in [0.15, 0.2) is 20.8 Å². The first-order valence-corrected chi connectivity index (χ1v) is 5.82. The largest absolute Gasteiger partial charge is 0.421 e. The number of aliphatic hydroxyl groups excluding tert-OH is 1. The number of esters is 1. The molecular formula is C9H10Br2O3. The van der Waals surface area contributed by atoms with Crippen LogP contribution in [0.4, 0.5) is 0 Å². The molecule has 0 aromatic carbocycles. The van der Waals surface area contributed by atoms with Gasteiger partial charge in [-0.05, 0) is 38.3 Å². The zero-order valence-electron chi connectivity index (χ0n) is 7.59. The van der Waals surface area contributed by atoms with Gasteiger partial charge >= 0.3 is 5.97 Å². The summed E-state index contributed by atoms with van der Waals surface area (Å²) < 4.78 is 5.44. The van der Waals surface area contributed by atoms with Crippen LogP contribution in [-0.4, -0.2) is 17.2 Å². The number of ether oxygens (including phenoxy) is 1. The summed E-state index contributed by atoms with van der Waals surface area (Å²) in [7, 11) is 0. The molecule has 1 aliphatic rings. The minimum Gasteiger partial charge on any atom is -0.421 e. The van der Waals surface area contributed by atoms with E-state index in [-0.39, 0.29) is 0 Å². The predicted octanol–water partition coefficient (Wildman–Crippen LogP) is 2.59. The summed E-state index contributed by atoms with van der Waals surface area (Å²) in [6.45, 7) is 1.97. The third-order valence-electron chi connectivity index (χ3n) is 1.83. The van der Waals surface area contributed by atoms with E-state index in [9.17, 15) is 9.90 Å². The molecule has 0 aromatic heterocycles. The van der Waals surface area contributed by atoms with Crippen LogP contribution in [0.2, 0.25) is 0 Å². The number of hydrogen-bond donors (Lipinski definition) is 1. The predicted molar refractivity (Wildman–Crippen MR) is 60.0 cm³/mol. The smallest absolute Gasteiger partial charge is 0.336 e. The second-order valence-electron chi connectivity index (χ2n) is 2.91. The Morgan fingerprint density at radius 3 is 2.79 bits per heavy atom. The molecule has 0 spiro atoms. The molecule has 0 aromatic rings. The van der Waals surface area contributed by atoms with Gasteiger partial charge < -0.3 is 9.84 Å². The maximum absolute atomic E-state index is 11.0. The molecule has 0 aliphatic carbocycles. The minimum atomic E-state index is -0.647. The summed E-state index contributed by atoms with van der Waals surface area (Å²) in [6, 6.07) is 0. The van der Waals surface area contributed by atoms with Gasteiger partial charge in [0.05, 0.1) is 6.10 Å². The average Bonchev–Trinajstić information content (AvgIpc) is 2.48. The van der Waals surface area contributed by atoms with Crippen LogP contribution in [0.1, 0.15) is 19.8 Å². The van der Waals surface area contributed by atoms with Gasteiger partial charge in [0.1, 0.15) is 3.39 Å². The molecule has 78 valence electrons. The van der Waals surface area contributed by atoms with Gasteiger partial charge in [0.2, 0.25) is 0 Å². The summed E-state index contributed by atoms with van der Waals surface area (Å²) in [5.41, 5.74) is 0.528. The quantitative estimate of drug-likeness (QED) is 0.811. The van der Waals surface area contributed by atoms with Crippen molar-refractivity contribution in [2.24, 2.45) is 0 Å². The Bertz CT molecular complexity index is 303. The van der Waals surface area contributed by atoms with Crippen molar-refractivity contribution >= 4 is 37.8 Å². The Hall–Kier alpha value is -0.130. The molecule has 0 fully saturated rings. The van der Waals surface area contributed by atoms with Crippen molar-refractivity contribution in [2.75, 3.05) is 0 Å². The molecule has 1 unspecified atom stereocenters. The fraction of sp³-hybridized carbons (Fsp3) is 0.444. The highest BCUT2D eigenvalue weighted by Gasteiger charge is 2.27. The monoisotopic (exact) mass is 324 g/mol. The molecule has 0 bridgehead atoms. The lowest BCUT2D eigenvalue weighted by Gasteiger charge is -2.11. The Kier molecular flexibility index (Phi) is 4.34. The van der Waals surface area contributed by atoms with E-state index < -0.39 is 12.1 Å². The van der Waals surface area contributed by atoms with Crippen LogP contribution >= 0.6 is 31.9 Å². The molecule has 3 nitrogen and oxygen atoms in total. The van der Waals surface area contributed by atoms with E-state index in [2.05, 4.69) is 31.9 Å². The lowest BCUT2D eigenvalue weighted by atomic mass is 10.1. The minimum absolute atomic E-state index is 0.371. The van der Waals surface area contributed by atoms with E-state index in [1.165, 1.54) is 6.08 Å². The first-order chi connectivity index (χ1) is 6.56. The number of hydrogen-bond acceptors (Lipinski definition) is 3. The Labute approximate surface area is 99.1 Å². The van der Waals surface area contributed by atoms with Gasteiger partial charge in [-0.3, -0.25) is 0 Å². The van der Waals surface area contributed by atoms with Gasteiger partial charge in [-0.1, -0.05) is 13.3 Å². The lowest BCUT2D eigenvalue weighted by molar-refractivity contribution is -0.132. The van der Waals surface area contributed by atoms with Crippen LogP contribution in [0, 0.1) is 0 Å². The summed E-state index contributed by atoms with van der Waals surface area (Å²) in [5, 5.41) is 9.71. The van der Waals surface area contributed by atoms with Crippen LogP contribution in [0.5, 0.6) is 0 Å². The van der Waals surface area contributed by atoms with Crippen LogP contribution in [-0.2, 0) is 9.53 Å². The molecule has 1 atom stereocenters. The molecular weight excluding hydrogens is 316 g/mol. The number of rotatable bonds is 3. The number of carbonyl (C=O) groups is 1. The first-order valence-electron chi connectivity index (χ1n) is 4.23. The number of halogens is 2. The van der Waals surface area contributed by atoms with Crippen molar-refractivity contribution in [1.29, 1.82) is 0 Å². The van der Waals surface area contributed by atoms with E-state index in [1.807, 2.05) is 6.92 Å². The van der Waals surface area contributed by atoms with Gasteiger partial charge in [-0.15, -0.1) is 0 Å². The van der Waals surface area contributed by atoms with Crippen molar-refractivity contribution in [2.45, 2.75) is 25.9 Å². The molecule has 1 aliphatic heterocycles. The van der Waals surface area contributed by atoms with Crippen molar-refractivity contribution in [3.8, 4) is 0 Å². The molecule has 14 heavy (non-hydrogen) atoms. The Morgan fingerprint density at radius 1 is 1.64 bits per heavy atom. The number of cyclic esters (lactones) is 1. The highest BCUT2D eigenvalue weighted by atomic mass is 79.9. The van der Waals surface area contributed by atoms with Gasteiger partial charge in [0.25, 0.3) is 0 Å². The van der Waals surface area contributed by atoms with Crippen molar-refractivity contribution in [1.82, 2.24) is 0 Å². The summed E-state index contributed by atoms with van der Waals surface area (Å²) in [6.07, 6.45) is 2.13. The first kappa shape index (κ1) is 11.9. The standard InChI is InChI=1S/C9H10Br2O3/c1-2-3-6(12)5-4-7(13)14-8(5)9(10)11/h4,6,12H,2-3H2,1H3. The lowest BCUT2D eigenvalue weighted by Crippen LogP contribution is -2.10. The summed E-state index contributed by atoms with van der Waals surface area (Å²) in [5.74, 6) is -0.0718.